The third-order valence-electron chi connectivity index (χ3n) is 3.10. The maximum absolute atomic E-state index is 5.76. The first-order valence-electron chi connectivity index (χ1n) is 6.52. The molecule has 3 aromatic rings. The number of ether oxygens (including phenoxy) is 1. The first kappa shape index (κ1) is 13.1. The number of nitrogens with zero attached hydrogens (tertiary/aromatic N) is 4. The van der Waals surface area contributed by atoms with E-state index in [1.54, 1.807) is 7.11 Å². The fraction of sp³-hybridized carbons (Fsp3) is 0.133. The lowest BCUT2D eigenvalue weighted by Crippen LogP contribution is -2.05. The van der Waals surface area contributed by atoms with Crippen LogP contribution in [-0.4, -0.2) is 27.3 Å². The molecule has 1 heterocycles. The molecule has 3 rings (SSSR count). The zero-order valence-electron chi connectivity index (χ0n) is 11.6. The summed E-state index contributed by atoms with van der Waals surface area (Å²) in [6.45, 7) is 0.499. The fourth-order valence-electron chi connectivity index (χ4n) is 2.09. The van der Waals surface area contributed by atoms with Crippen molar-refractivity contribution in [3.05, 3.63) is 54.1 Å². The Hall–Kier alpha value is -2.89. The second-order valence-corrected chi connectivity index (χ2v) is 4.58. The molecular weight excluding hydrogens is 266 g/mol. The molecule has 6 heteroatoms. The Balaban J connectivity index is 1.85. The average Bonchev–Trinajstić information content (AvgIpc) is 2.96. The summed E-state index contributed by atoms with van der Waals surface area (Å²) in [4.78, 5) is 1.54. The van der Waals surface area contributed by atoms with E-state index in [2.05, 4.69) is 15.4 Å². The second-order valence-electron chi connectivity index (χ2n) is 4.58. The van der Waals surface area contributed by atoms with Gasteiger partial charge in [0, 0.05) is 16.8 Å². The van der Waals surface area contributed by atoms with E-state index in [1.807, 2.05) is 48.5 Å². The van der Waals surface area contributed by atoms with Crippen molar-refractivity contribution >= 4 is 5.69 Å². The minimum Gasteiger partial charge on any atom is -0.496 e. The van der Waals surface area contributed by atoms with Crippen LogP contribution < -0.4 is 10.5 Å². The number of nitrogens with two attached hydrogens (primary N) is 1. The van der Waals surface area contributed by atoms with Gasteiger partial charge in [-0.1, -0.05) is 30.3 Å². The number of methoxy groups -OCH3 is 1. The van der Waals surface area contributed by atoms with Crippen LogP contribution in [-0.2, 0) is 6.54 Å². The SMILES string of the molecule is COc1ccccc1Cn1nnc(-c2cccc(N)c2)n1. The van der Waals surface area contributed by atoms with Crippen LogP contribution in [0.3, 0.4) is 0 Å². The molecule has 0 radical (unpaired) electrons. The number of tetrazole rings is 1. The Morgan fingerprint density at radius 2 is 2.00 bits per heavy atom. The highest BCUT2D eigenvalue weighted by atomic mass is 16.5. The number of aromatic nitrogens is 4. The first-order chi connectivity index (χ1) is 10.3. The van der Waals surface area contributed by atoms with E-state index in [0.29, 0.717) is 18.1 Å². The van der Waals surface area contributed by atoms with Gasteiger partial charge in [-0.3, -0.25) is 0 Å². The predicted octanol–water partition coefficient (Wildman–Crippen LogP) is 1.98. The van der Waals surface area contributed by atoms with Crippen molar-refractivity contribution in [1.82, 2.24) is 20.2 Å². The van der Waals surface area contributed by atoms with Crippen LogP contribution in [0, 0.1) is 0 Å². The molecule has 0 unspecified atom stereocenters. The summed E-state index contributed by atoms with van der Waals surface area (Å²) in [5, 5.41) is 12.5. The maximum Gasteiger partial charge on any atom is 0.205 e. The molecule has 106 valence electrons. The van der Waals surface area contributed by atoms with Gasteiger partial charge in [-0.05, 0) is 23.4 Å². The maximum atomic E-state index is 5.76. The lowest BCUT2D eigenvalue weighted by molar-refractivity contribution is 0.405. The topological polar surface area (TPSA) is 78.8 Å². The van der Waals surface area contributed by atoms with Crippen molar-refractivity contribution < 1.29 is 4.74 Å². The van der Waals surface area contributed by atoms with E-state index in [0.717, 1.165) is 16.9 Å². The van der Waals surface area contributed by atoms with E-state index < -0.39 is 0 Å². The van der Waals surface area contributed by atoms with Crippen LogP contribution in [0.2, 0.25) is 0 Å². The molecule has 0 atom stereocenters. The first-order valence-corrected chi connectivity index (χ1v) is 6.52. The molecule has 0 bridgehead atoms. The number of benzene rings is 2. The van der Waals surface area contributed by atoms with Crippen LogP contribution >= 0.6 is 0 Å². The van der Waals surface area contributed by atoms with Gasteiger partial charge in [-0.2, -0.15) is 4.80 Å². The van der Waals surface area contributed by atoms with Gasteiger partial charge in [0.15, 0.2) is 0 Å². The molecule has 0 fully saturated rings. The standard InChI is InChI=1S/C15H15N5O/c1-21-14-8-3-2-5-12(14)10-20-18-15(17-19-20)11-6-4-7-13(16)9-11/h2-9H,10,16H2,1H3. The normalized spacial score (nSPS) is 10.5. The van der Waals surface area contributed by atoms with Gasteiger partial charge in [0.25, 0.3) is 0 Å². The van der Waals surface area contributed by atoms with Gasteiger partial charge >= 0.3 is 0 Å². The number of para-hydroxylation sites is 1. The Kier molecular flexibility index (Phi) is 3.51. The second kappa shape index (κ2) is 5.62. The molecular formula is C15H15N5O. The summed E-state index contributed by atoms with van der Waals surface area (Å²) in [7, 11) is 1.64. The molecule has 21 heavy (non-hydrogen) atoms. The minimum atomic E-state index is 0.499. The lowest BCUT2D eigenvalue weighted by Gasteiger charge is -2.06. The summed E-state index contributed by atoms with van der Waals surface area (Å²) in [6.07, 6.45) is 0. The van der Waals surface area contributed by atoms with Crippen LogP contribution in [0.25, 0.3) is 11.4 Å². The highest BCUT2D eigenvalue weighted by Crippen LogP contribution is 2.19. The largest absolute Gasteiger partial charge is 0.496 e. The molecule has 0 spiro atoms. The van der Waals surface area contributed by atoms with Crippen molar-refractivity contribution in [2.75, 3.05) is 12.8 Å². The van der Waals surface area contributed by atoms with E-state index in [-0.39, 0.29) is 0 Å². The predicted molar refractivity (Wildman–Crippen MR) is 79.8 cm³/mol. The Labute approximate surface area is 122 Å². The van der Waals surface area contributed by atoms with E-state index in [4.69, 9.17) is 10.5 Å². The lowest BCUT2D eigenvalue weighted by atomic mass is 10.2. The monoisotopic (exact) mass is 281 g/mol. The molecule has 0 aliphatic rings. The number of hydrogen-bond acceptors (Lipinski definition) is 5. The summed E-state index contributed by atoms with van der Waals surface area (Å²) >= 11 is 0. The highest BCUT2D eigenvalue weighted by Gasteiger charge is 2.08. The van der Waals surface area contributed by atoms with Gasteiger partial charge in [0.2, 0.25) is 5.82 Å². The van der Waals surface area contributed by atoms with Crippen molar-refractivity contribution in [3.63, 3.8) is 0 Å². The van der Waals surface area contributed by atoms with Gasteiger partial charge < -0.3 is 10.5 Å². The van der Waals surface area contributed by atoms with E-state index in [1.165, 1.54) is 4.80 Å². The van der Waals surface area contributed by atoms with Gasteiger partial charge in [-0.15, -0.1) is 10.2 Å². The van der Waals surface area contributed by atoms with Crippen LogP contribution in [0.15, 0.2) is 48.5 Å². The molecule has 1 aromatic heterocycles. The summed E-state index contributed by atoms with van der Waals surface area (Å²) in [6, 6.07) is 15.2. The number of rotatable bonds is 4. The summed E-state index contributed by atoms with van der Waals surface area (Å²) < 4.78 is 5.32. The molecule has 0 saturated heterocycles. The molecule has 0 saturated carbocycles. The number of anilines is 1. The molecule has 0 amide bonds. The molecule has 0 aliphatic carbocycles. The van der Waals surface area contributed by atoms with Gasteiger partial charge in [-0.25, -0.2) is 0 Å². The van der Waals surface area contributed by atoms with Crippen molar-refractivity contribution in [2.45, 2.75) is 6.54 Å². The van der Waals surface area contributed by atoms with Crippen LogP contribution in [0.5, 0.6) is 5.75 Å². The van der Waals surface area contributed by atoms with Crippen molar-refractivity contribution in [3.8, 4) is 17.1 Å². The fourth-order valence-corrected chi connectivity index (χ4v) is 2.09. The van der Waals surface area contributed by atoms with Crippen molar-refractivity contribution in [1.29, 1.82) is 0 Å². The quantitative estimate of drug-likeness (QED) is 0.740. The zero-order chi connectivity index (χ0) is 14.7. The smallest absolute Gasteiger partial charge is 0.205 e. The molecule has 2 N–H and O–H groups in total. The van der Waals surface area contributed by atoms with Crippen LogP contribution in [0.4, 0.5) is 5.69 Å². The third-order valence-corrected chi connectivity index (χ3v) is 3.10. The number of hydrogen-bond donors (Lipinski definition) is 1. The van der Waals surface area contributed by atoms with Gasteiger partial charge in [0.1, 0.15) is 5.75 Å². The third kappa shape index (κ3) is 2.84. The molecule has 6 nitrogen and oxygen atoms in total. The highest BCUT2D eigenvalue weighted by molar-refractivity contribution is 5.60. The molecule has 0 aliphatic heterocycles. The van der Waals surface area contributed by atoms with E-state index in [9.17, 15) is 0 Å². The molecule has 2 aromatic carbocycles. The minimum absolute atomic E-state index is 0.499. The van der Waals surface area contributed by atoms with Crippen LogP contribution in [0.1, 0.15) is 5.56 Å². The Morgan fingerprint density at radius 1 is 1.14 bits per heavy atom. The Morgan fingerprint density at radius 3 is 2.81 bits per heavy atom. The summed E-state index contributed by atoms with van der Waals surface area (Å²) in [5.41, 5.74) is 8.28. The Bertz CT molecular complexity index is 753. The van der Waals surface area contributed by atoms with Gasteiger partial charge in [0.05, 0.1) is 13.7 Å². The van der Waals surface area contributed by atoms with Crippen molar-refractivity contribution in [2.24, 2.45) is 0 Å². The average molecular weight is 281 g/mol. The zero-order valence-corrected chi connectivity index (χ0v) is 11.6. The van der Waals surface area contributed by atoms with E-state index >= 15 is 0 Å². The summed E-state index contributed by atoms with van der Waals surface area (Å²) in [5.74, 6) is 1.36. The number of nitrogen functional groups attached to an aromatic ring is 1.